The topological polar surface area (TPSA) is 15.3 Å². The van der Waals surface area contributed by atoms with Crippen molar-refractivity contribution in [2.75, 3.05) is 25.0 Å². The Hall–Kier alpha value is -1.09. The number of halogens is 1. The molecule has 20 heavy (non-hydrogen) atoms. The summed E-state index contributed by atoms with van der Waals surface area (Å²) in [5.41, 5.74) is 0.865. The van der Waals surface area contributed by atoms with Crippen LogP contribution >= 0.6 is 0 Å². The van der Waals surface area contributed by atoms with Crippen LogP contribution in [0.4, 0.5) is 10.1 Å². The highest BCUT2D eigenvalue weighted by Crippen LogP contribution is 2.29. The molecule has 1 rings (SSSR count). The van der Waals surface area contributed by atoms with Gasteiger partial charge in [-0.2, -0.15) is 0 Å². The molecule has 0 saturated carbocycles. The van der Waals surface area contributed by atoms with Gasteiger partial charge in [-0.1, -0.05) is 39.8 Å². The van der Waals surface area contributed by atoms with Gasteiger partial charge in [-0.15, -0.1) is 0 Å². The van der Waals surface area contributed by atoms with Crippen molar-refractivity contribution in [3.8, 4) is 0 Å². The Labute approximate surface area is 123 Å². The molecule has 0 fully saturated rings. The number of anilines is 1. The lowest BCUT2D eigenvalue weighted by atomic mass is 9.81. The van der Waals surface area contributed by atoms with Crippen molar-refractivity contribution in [2.45, 2.75) is 46.6 Å². The number of nitrogens with zero attached hydrogens (tertiary/aromatic N) is 1. The lowest BCUT2D eigenvalue weighted by molar-refractivity contribution is 0.248. The molecule has 1 aromatic rings. The second kappa shape index (κ2) is 7.63. The van der Waals surface area contributed by atoms with Gasteiger partial charge >= 0.3 is 0 Å². The zero-order chi connectivity index (χ0) is 15.2. The van der Waals surface area contributed by atoms with Crippen molar-refractivity contribution in [1.82, 2.24) is 5.32 Å². The van der Waals surface area contributed by atoms with Gasteiger partial charge in [0.05, 0.1) is 5.69 Å². The molecule has 0 radical (unpaired) electrons. The maximum atomic E-state index is 13.9. The number of rotatable bonds is 8. The Bertz CT molecular complexity index is 400. The van der Waals surface area contributed by atoms with E-state index in [-0.39, 0.29) is 11.2 Å². The first kappa shape index (κ1) is 17.0. The fourth-order valence-electron chi connectivity index (χ4n) is 2.55. The Kier molecular flexibility index (Phi) is 6.47. The Morgan fingerprint density at radius 2 is 1.80 bits per heavy atom. The molecule has 3 heteroatoms. The van der Waals surface area contributed by atoms with Gasteiger partial charge in [-0.3, -0.25) is 0 Å². The molecule has 0 spiro atoms. The van der Waals surface area contributed by atoms with Gasteiger partial charge in [0.15, 0.2) is 0 Å². The number of benzene rings is 1. The molecule has 0 atom stereocenters. The first-order valence-corrected chi connectivity index (χ1v) is 7.63. The van der Waals surface area contributed by atoms with Crippen molar-refractivity contribution >= 4 is 5.69 Å². The Balaban J connectivity index is 2.81. The highest BCUT2D eigenvalue weighted by molar-refractivity contribution is 5.47. The van der Waals surface area contributed by atoms with Gasteiger partial charge in [-0.05, 0) is 30.4 Å². The number of para-hydroxylation sites is 1. The Morgan fingerprint density at radius 3 is 2.30 bits per heavy atom. The molecule has 0 unspecified atom stereocenters. The van der Waals surface area contributed by atoms with Crippen molar-refractivity contribution in [3.63, 3.8) is 0 Å². The monoisotopic (exact) mass is 280 g/mol. The van der Waals surface area contributed by atoms with Crippen LogP contribution in [0.15, 0.2) is 24.3 Å². The van der Waals surface area contributed by atoms with Crippen LogP contribution in [-0.2, 0) is 0 Å². The van der Waals surface area contributed by atoms with E-state index in [0.717, 1.165) is 25.9 Å². The second-order valence-corrected chi connectivity index (χ2v) is 6.05. The molecule has 0 saturated heterocycles. The van der Waals surface area contributed by atoms with Crippen LogP contribution in [0.3, 0.4) is 0 Å². The van der Waals surface area contributed by atoms with Crippen LogP contribution in [0.5, 0.6) is 0 Å². The Morgan fingerprint density at radius 1 is 1.20 bits per heavy atom. The summed E-state index contributed by atoms with van der Waals surface area (Å²) in [5, 5.41) is 3.54. The van der Waals surface area contributed by atoms with Crippen LogP contribution in [0.1, 0.15) is 40.5 Å². The van der Waals surface area contributed by atoms with E-state index in [1.165, 1.54) is 6.07 Å². The minimum atomic E-state index is -0.145. The molecule has 0 amide bonds. The average molecular weight is 280 g/mol. The number of hydrogen-bond donors (Lipinski definition) is 1. The van der Waals surface area contributed by atoms with Gasteiger partial charge < -0.3 is 10.2 Å². The molecule has 1 aromatic carbocycles. The van der Waals surface area contributed by atoms with Crippen molar-refractivity contribution in [2.24, 2.45) is 5.41 Å². The predicted octanol–water partition coefficient (Wildman–Crippen LogP) is 4.07. The molecule has 0 aromatic heterocycles. The van der Waals surface area contributed by atoms with Gasteiger partial charge in [0.25, 0.3) is 0 Å². The molecule has 2 nitrogen and oxygen atoms in total. The minimum absolute atomic E-state index is 0.145. The molecule has 0 aliphatic heterocycles. The average Bonchev–Trinajstić information content (AvgIpc) is 2.43. The van der Waals surface area contributed by atoms with Crippen molar-refractivity contribution in [3.05, 3.63) is 30.1 Å². The maximum Gasteiger partial charge on any atom is 0.146 e. The quantitative estimate of drug-likeness (QED) is 0.772. The third-order valence-corrected chi connectivity index (χ3v) is 4.22. The summed E-state index contributed by atoms with van der Waals surface area (Å²) in [6.45, 7) is 10.6. The van der Waals surface area contributed by atoms with Crippen LogP contribution in [0.25, 0.3) is 0 Å². The largest absolute Gasteiger partial charge is 0.372 e. The standard InChI is InChI=1S/C17H29FN2/c1-6-17(7-2,12-19-14(3)4)13-20(5)16-11-9-8-10-15(16)18/h8-11,14,19H,6-7,12-13H2,1-5H3. The zero-order valence-electron chi connectivity index (χ0n) is 13.5. The normalized spacial score (nSPS) is 11.9. The summed E-state index contributed by atoms with van der Waals surface area (Å²) in [6.07, 6.45) is 2.17. The number of nitrogens with one attached hydrogen (secondary N) is 1. The molecule has 0 aliphatic rings. The van der Waals surface area contributed by atoms with Gasteiger partial charge in [0.2, 0.25) is 0 Å². The zero-order valence-corrected chi connectivity index (χ0v) is 13.5. The first-order valence-electron chi connectivity index (χ1n) is 7.63. The van der Waals surface area contributed by atoms with E-state index in [2.05, 4.69) is 33.0 Å². The smallest absolute Gasteiger partial charge is 0.146 e. The molecular weight excluding hydrogens is 251 g/mol. The van der Waals surface area contributed by atoms with E-state index in [9.17, 15) is 4.39 Å². The molecule has 0 bridgehead atoms. The summed E-state index contributed by atoms with van der Waals surface area (Å²) in [6, 6.07) is 7.48. The van der Waals surface area contributed by atoms with Crippen molar-refractivity contribution in [1.29, 1.82) is 0 Å². The van der Waals surface area contributed by atoms with Crippen LogP contribution < -0.4 is 10.2 Å². The SMILES string of the molecule is CCC(CC)(CNC(C)C)CN(C)c1ccccc1F. The van der Waals surface area contributed by atoms with Crippen LogP contribution in [-0.4, -0.2) is 26.2 Å². The second-order valence-electron chi connectivity index (χ2n) is 6.05. The molecule has 0 aliphatic carbocycles. The third kappa shape index (κ3) is 4.48. The van der Waals surface area contributed by atoms with E-state index in [1.807, 2.05) is 24.1 Å². The van der Waals surface area contributed by atoms with E-state index in [0.29, 0.717) is 11.7 Å². The van der Waals surface area contributed by atoms with Gasteiger partial charge in [-0.25, -0.2) is 4.39 Å². The minimum Gasteiger partial charge on any atom is -0.372 e. The van der Waals surface area contributed by atoms with E-state index >= 15 is 0 Å². The maximum absolute atomic E-state index is 13.9. The van der Waals surface area contributed by atoms with Crippen LogP contribution in [0.2, 0.25) is 0 Å². The summed E-state index contributed by atoms with van der Waals surface area (Å²) in [7, 11) is 1.98. The summed E-state index contributed by atoms with van der Waals surface area (Å²) in [4.78, 5) is 2.05. The fraction of sp³-hybridized carbons (Fsp3) is 0.647. The van der Waals surface area contributed by atoms with Crippen LogP contribution in [0, 0.1) is 11.2 Å². The number of hydrogen-bond acceptors (Lipinski definition) is 2. The highest BCUT2D eigenvalue weighted by atomic mass is 19.1. The fourth-order valence-corrected chi connectivity index (χ4v) is 2.55. The predicted molar refractivity (Wildman–Crippen MR) is 85.8 cm³/mol. The molecule has 114 valence electrons. The van der Waals surface area contributed by atoms with Crippen molar-refractivity contribution < 1.29 is 4.39 Å². The lowest BCUT2D eigenvalue weighted by Gasteiger charge is -2.37. The highest BCUT2D eigenvalue weighted by Gasteiger charge is 2.28. The van der Waals surface area contributed by atoms with E-state index in [4.69, 9.17) is 0 Å². The first-order chi connectivity index (χ1) is 9.44. The molecular formula is C17H29FN2. The van der Waals surface area contributed by atoms with E-state index in [1.54, 1.807) is 6.07 Å². The lowest BCUT2D eigenvalue weighted by Crippen LogP contribution is -2.44. The molecule has 0 heterocycles. The molecule has 1 N–H and O–H groups in total. The summed E-state index contributed by atoms with van der Waals surface area (Å²) < 4.78 is 13.9. The van der Waals surface area contributed by atoms with Gasteiger partial charge in [0, 0.05) is 26.2 Å². The summed E-state index contributed by atoms with van der Waals surface area (Å²) >= 11 is 0. The van der Waals surface area contributed by atoms with E-state index < -0.39 is 0 Å². The third-order valence-electron chi connectivity index (χ3n) is 4.22. The summed E-state index contributed by atoms with van der Waals surface area (Å²) in [5.74, 6) is -0.145. The van der Waals surface area contributed by atoms with Gasteiger partial charge in [0.1, 0.15) is 5.82 Å².